The lowest BCUT2D eigenvalue weighted by Crippen LogP contribution is -2.29. The van der Waals surface area contributed by atoms with Crippen LogP contribution in [0.25, 0.3) is 16.5 Å². The summed E-state index contributed by atoms with van der Waals surface area (Å²) >= 11 is 0. The van der Waals surface area contributed by atoms with Crippen molar-refractivity contribution in [1.82, 2.24) is 9.88 Å². The number of unbranched alkanes of at least 4 members (excludes halogenated alkanes) is 3. The SMILES string of the molecule is CCCCCCN1CC=C(c2c[nH]c3ccc(NC(C)=O)cc23)CC1. The van der Waals surface area contributed by atoms with Gasteiger partial charge >= 0.3 is 0 Å². The first kappa shape index (κ1) is 17.7. The topological polar surface area (TPSA) is 48.1 Å². The number of hydrogen-bond donors (Lipinski definition) is 2. The molecule has 0 saturated carbocycles. The molecule has 1 amide bonds. The molecule has 134 valence electrons. The largest absolute Gasteiger partial charge is 0.361 e. The molecule has 25 heavy (non-hydrogen) atoms. The molecule has 0 fully saturated rings. The number of fused-ring (bicyclic) bond motifs is 1. The van der Waals surface area contributed by atoms with Gasteiger partial charge in [-0.1, -0.05) is 32.3 Å². The van der Waals surface area contributed by atoms with E-state index in [1.165, 1.54) is 48.8 Å². The number of anilines is 1. The first-order valence-electron chi connectivity index (χ1n) is 9.48. The number of H-pyrrole nitrogens is 1. The van der Waals surface area contributed by atoms with Gasteiger partial charge in [-0.15, -0.1) is 0 Å². The van der Waals surface area contributed by atoms with Crippen LogP contribution in [0.2, 0.25) is 0 Å². The number of nitrogens with zero attached hydrogens (tertiary/aromatic N) is 1. The lowest BCUT2D eigenvalue weighted by molar-refractivity contribution is -0.114. The Labute approximate surface area is 150 Å². The number of rotatable bonds is 7. The molecule has 2 N–H and O–H groups in total. The van der Waals surface area contributed by atoms with E-state index in [0.29, 0.717) is 0 Å². The Hall–Kier alpha value is -2.07. The minimum absolute atomic E-state index is 0.0352. The molecule has 3 rings (SSSR count). The third-order valence-electron chi connectivity index (χ3n) is 4.97. The predicted octanol–water partition coefficient (Wildman–Crippen LogP) is 4.80. The molecule has 0 atom stereocenters. The molecule has 2 aromatic rings. The quantitative estimate of drug-likeness (QED) is 0.712. The van der Waals surface area contributed by atoms with Crippen LogP contribution >= 0.6 is 0 Å². The van der Waals surface area contributed by atoms with Gasteiger partial charge in [-0.05, 0) is 43.2 Å². The molecule has 0 spiro atoms. The van der Waals surface area contributed by atoms with Crippen molar-refractivity contribution in [2.24, 2.45) is 0 Å². The third kappa shape index (κ3) is 4.51. The van der Waals surface area contributed by atoms with Crippen molar-refractivity contribution in [3.05, 3.63) is 36.0 Å². The van der Waals surface area contributed by atoms with E-state index in [-0.39, 0.29) is 5.91 Å². The number of nitrogens with one attached hydrogen (secondary N) is 2. The fourth-order valence-corrected chi connectivity index (χ4v) is 3.59. The monoisotopic (exact) mass is 339 g/mol. The minimum Gasteiger partial charge on any atom is -0.361 e. The zero-order valence-electron chi connectivity index (χ0n) is 15.4. The summed E-state index contributed by atoms with van der Waals surface area (Å²) in [4.78, 5) is 17.2. The van der Waals surface area contributed by atoms with Crippen LogP contribution in [0.3, 0.4) is 0 Å². The smallest absolute Gasteiger partial charge is 0.221 e. The molecule has 1 aromatic carbocycles. The lowest BCUT2D eigenvalue weighted by atomic mass is 9.98. The summed E-state index contributed by atoms with van der Waals surface area (Å²) in [6, 6.07) is 6.05. The van der Waals surface area contributed by atoms with E-state index in [1.54, 1.807) is 6.92 Å². The van der Waals surface area contributed by atoms with E-state index in [1.807, 2.05) is 12.1 Å². The van der Waals surface area contributed by atoms with Crippen molar-refractivity contribution >= 4 is 28.1 Å². The van der Waals surface area contributed by atoms with Crippen LogP contribution in [0.4, 0.5) is 5.69 Å². The van der Waals surface area contributed by atoms with Gasteiger partial charge in [0.05, 0.1) is 0 Å². The Morgan fingerprint density at radius 3 is 2.88 bits per heavy atom. The number of aromatic amines is 1. The van der Waals surface area contributed by atoms with Crippen LogP contribution in [0.15, 0.2) is 30.5 Å². The van der Waals surface area contributed by atoms with E-state index in [0.717, 1.165) is 30.7 Å². The third-order valence-corrected chi connectivity index (χ3v) is 4.97. The highest BCUT2D eigenvalue weighted by Gasteiger charge is 2.15. The van der Waals surface area contributed by atoms with Crippen LogP contribution < -0.4 is 5.32 Å². The molecule has 0 unspecified atom stereocenters. The number of hydrogen-bond acceptors (Lipinski definition) is 2. The maximum atomic E-state index is 11.3. The highest BCUT2D eigenvalue weighted by molar-refractivity contribution is 5.97. The van der Waals surface area contributed by atoms with E-state index in [2.05, 4.69) is 40.5 Å². The molecule has 1 aromatic heterocycles. The number of amides is 1. The van der Waals surface area contributed by atoms with Crippen LogP contribution in [0.5, 0.6) is 0 Å². The van der Waals surface area contributed by atoms with Gasteiger partial charge in [0, 0.05) is 48.4 Å². The fraction of sp³-hybridized carbons (Fsp3) is 0.476. The zero-order valence-corrected chi connectivity index (χ0v) is 15.4. The van der Waals surface area contributed by atoms with Crippen molar-refractivity contribution in [2.45, 2.75) is 46.0 Å². The Morgan fingerprint density at radius 2 is 2.16 bits per heavy atom. The van der Waals surface area contributed by atoms with Crippen LogP contribution in [0, 0.1) is 0 Å². The van der Waals surface area contributed by atoms with Crippen molar-refractivity contribution in [3.8, 4) is 0 Å². The van der Waals surface area contributed by atoms with Crippen molar-refractivity contribution in [3.63, 3.8) is 0 Å². The predicted molar refractivity (Wildman–Crippen MR) is 106 cm³/mol. The van der Waals surface area contributed by atoms with Crippen LogP contribution in [-0.4, -0.2) is 35.4 Å². The molecule has 1 aliphatic heterocycles. The number of benzene rings is 1. The second-order valence-corrected chi connectivity index (χ2v) is 6.98. The molecule has 4 nitrogen and oxygen atoms in total. The van der Waals surface area contributed by atoms with Gasteiger partial charge in [-0.3, -0.25) is 9.69 Å². The number of aromatic nitrogens is 1. The Morgan fingerprint density at radius 1 is 1.28 bits per heavy atom. The second-order valence-electron chi connectivity index (χ2n) is 6.98. The number of carbonyl (C=O) groups is 1. The normalized spacial score (nSPS) is 15.4. The van der Waals surface area contributed by atoms with E-state index in [9.17, 15) is 4.79 Å². The van der Waals surface area contributed by atoms with Crippen LogP contribution in [0.1, 0.15) is 51.5 Å². The lowest BCUT2D eigenvalue weighted by Gasteiger charge is -2.26. The average Bonchev–Trinajstić information content (AvgIpc) is 3.02. The molecule has 0 saturated heterocycles. The maximum Gasteiger partial charge on any atom is 0.221 e. The molecule has 4 heteroatoms. The van der Waals surface area contributed by atoms with Gasteiger partial charge in [-0.2, -0.15) is 0 Å². The maximum absolute atomic E-state index is 11.3. The molecule has 0 radical (unpaired) electrons. The minimum atomic E-state index is -0.0352. The highest BCUT2D eigenvalue weighted by Crippen LogP contribution is 2.31. The summed E-state index contributed by atoms with van der Waals surface area (Å²) < 4.78 is 0. The van der Waals surface area contributed by atoms with E-state index >= 15 is 0 Å². The second kappa shape index (κ2) is 8.34. The fourth-order valence-electron chi connectivity index (χ4n) is 3.59. The highest BCUT2D eigenvalue weighted by atomic mass is 16.1. The van der Waals surface area contributed by atoms with Crippen molar-refractivity contribution < 1.29 is 4.79 Å². The van der Waals surface area contributed by atoms with Gasteiger partial charge in [-0.25, -0.2) is 0 Å². The molecule has 0 aliphatic carbocycles. The van der Waals surface area contributed by atoms with E-state index in [4.69, 9.17) is 0 Å². The molecule has 2 heterocycles. The summed E-state index contributed by atoms with van der Waals surface area (Å²) in [6.07, 6.45) is 10.9. The summed E-state index contributed by atoms with van der Waals surface area (Å²) in [5.41, 5.74) is 4.66. The van der Waals surface area contributed by atoms with Gasteiger partial charge < -0.3 is 10.3 Å². The molecule has 0 bridgehead atoms. The van der Waals surface area contributed by atoms with Crippen molar-refractivity contribution in [2.75, 3.05) is 25.0 Å². The summed E-state index contributed by atoms with van der Waals surface area (Å²) in [5.74, 6) is -0.0352. The summed E-state index contributed by atoms with van der Waals surface area (Å²) in [6.45, 7) is 7.19. The van der Waals surface area contributed by atoms with Crippen molar-refractivity contribution in [1.29, 1.82) is 0 Å². The van der Waals surface area contributed by atoms with Gasteiger partial charge in [0.2, 0.25) is 5.91 Å². The first-order valence-corrected chi connectivity index (χ1v) is 9.48. The first-order chi connectivity index (χ1) is 12.2. The standard InChI is InChI=1S/C21H29N3O/c1-3-4-5-6-11-24-12-9-17(10-13-24)20-15-22-21-8-7-18(14-19(20)21)23-16(2)25/h7-9,14-15,22H,3-6,10-13H2,1-2H3,(H,23,25). The number of carbonyl (C=O) groups excluding carboxylic acids is 1. The molecular formula is C21H29N3O. The molecule has 1 aliphatic rings. The van der Waals surface area contributed by atoms with Gasteiger partial charge in [0.25, 0.3) is 0 Å². The van der Waals surface area contributed by atoms with E-state index < -0.39 is 0 Å². The Balaban J connectivity index is 1.69. The summed E-state index contributed by atoms with van der Waals surface area (Å²) in [5, 5.41) is 4.07. The zero-order chi connectivity index (χ0) is 17.6. The Bertz CT molecular complexity index is 760. The van der Waals surface area contributed by atoms with Gasteiger partial charge in [0.1, 0.15) is 0 Å². The Kier molecular flexibility index (Phi) is 5.92. The average molecular weight is 339 g/mol. The summed E-state index contributed by atoms with van der Waals surface area (Å²) in [7, 11) is 0. The van der Waals surface area contributed by atoms with Gasteiger partial charge in [0.15, 0.2) is 0 Å². The molecular weight excluding hydrogens is 310 g/mol. The van der Waals surface area contributed by atoms with Crippen LogP contribution in [-0.2, 0) is 4.79 Å².